The van der Waals surface area contributed by atoms with Gasteiger partial charge in [-0.2, -0.15) is 0 Å². The second-order valence-corrected chi connectivity index (χ2v) is 7.11. The predicted molar refractivity (Wildman–Crippen MR) is 107 cm³/mol. The van der Waals surface area contributed by atoms with Gasteiger partial charge < -0.3 is 29.3 Å². The van der Waals surface area contributed by atoms with Gasteiger partial charge in [0, 0.05) is 5.39 Å². The van der Waals surface area contributed by atoms with E-state index in [0.717, 1.165) is 35.1 Å². The standard InChI is InChI=1S/C21H22BNO6/c24-21(29-11-14-5-6-15-7-8-27-12-16(15)9-14)23-20(22(25)26)10-17-13-28-19-4-2-1-3-18(17)19/h1-6,9,13,20,25-26H,7-8,10-12H2,(H,23,24). The first-order chi connectivity index (χ1) is 14.1. The number of nitrogens with one attached hydrogen (secondary N) is 1. The molecule has 1 aliphatic heterocycles. The Labute approximate surface area is 168 Å². The summed E-state index contributed by atoms with van der Waals surface area (Å²) in [5, 5.41) is 22.8. The monoisotopic (exact) mass is 395 g/mol. The molecule has 0 saturated heterocycles. The summed E-state index contributed by atoms with van der Waals surface area (Å²) in [6.07, 6.45) is 1.92. The zero-order chi connectivity index (χ0) is 20.2. The summed E-state index contributed by atoms with van der Waals surface area (Å²) in [6, 6.07) is 13.4. The van der Waals surface area contributed by atoms with Crippen LogP contribution >= 0.6 is 0 Å². The van der Waals surface area contributed by atoms with Crippen molar-refractivity contribution in [3.8, 4) is 0 Å². The third kappa shape index (κ3) is 4.62. The third-order valence-corrected chi connectivity index (χ3v) is 5.08. The number of alkyl carbamates (subject to hydrolysis) is 1. The number of fused-ring (bicyclic) bond motifs is 2. The van der Waals surface area contributed by atoms with Gasteiger partial charge in [0.1, 0.15) is 12.2 Å². The second-order valence-electron chi connectivity index (χ2n) is 7.11. The normalized spacial score (nSPS) is 14.3. The number of furan rings is 1. The van der Waals surface area contributed by atoms with E-state index in [1.54, 1.807) is 6.26 Å². The first-order valence-corrected chi connectivity index (χ1v) is 9.53. The average Bonchev–Trinajstić information content (AvgIpc) is 3.14. The van der Waals surface area contributed by atoms with E-state index in [1.165, 1.54) is 5.56 Å². The molecule has 2 heterocycles. The summed E-state index contributed by atoms with van der Waals surface area (Å²) in [5.74, 6) is -0.930. The molecule has 0 bridgehead atoms. The lowest BCUT2D eigenvalue weighted by molar-refractivity contribution is 0.110. The van der Waals surface area contributed by atoms with Gasteiger partial charge in [0.05, 0.1) is 25.4 Å². The van der Waals surface area contributed by atoms with Gasteiger partial charge >= 0.3 is 13.2 Å². The van der Waals surface area contributed by atoms with Crippen molar-refractivity contribution in [1.29, 1.82) is 0 Å². The Morgan fingerprint density at radius 3 is 2.93 bits per heavy atom. The Hall–Kier alpha value is -2.81. The van der Waals surface area contributed by atoms with Crippen LogP contribution in [0.4, 0.5) is 4.79 Å². The summed E-state index contributed by atoms with van der Waals surface area (Å²) in [5.41, 5.74) is 4.68. The minimum atomic E-state index is -1.74. The Morgan fingerprint density at radius 2 is 2.07 bits per heavy atom. The van der Waals surface area contributed by atoms with Crippen molar-refractivity contribution in [3.63, 3.8) is 0 Å². The molecule has 3 aromatic rings. The number of rotatable bonds is 6. The summed E-state index contributed by atoms with van der Waals surface area (Å²) in [6.45, 7) is 1.37. The van der Waals surface area contributed by atoms with E-state index in [-0.39, 0.29) is 13.0 Å². The highest BCUT2D eigenvalue weighted by Crippen LogP contribution is 2.22. The fourth-order valence-corrected chi connectivity index (χ4v) is 3.51. The molecule has 4 rings (SSSR count). The lowest BCUT2D eigenvalue weighted by Crippen LogP contribution is -2.48. The first-order valence-electron chi connectivity index (χ1n) is 9.53. The minimum absolute atomic E-state index is 0.0853. The Bertz CT molecular complexity index is 1000. The van der Waals surface area contributed by atoms with Crippen LogP contribution in [0.25, 0.3) is 11.0 Å². The SMILES string of the molecule is O=C(NC(Cc1coc2ccccc12)B(O)O)OCc1ccc2c(c1)COCC2. The molecule has 8 heteroatoms. The van der Waals surface area contributed by atoms with Gasteiger partial charge in [-0.3, -0.25) is 0 Å². The van der Waals surface area contributed by atoms with E-state index in [9.17, 15) is 14.8 Å². The van der Waals surface area contributed by atoms with Crippen molar-refractivity contribution in [2.45, 2.75) is 32.0 Å². The molecule has 0 spiro atoms. The maximum atomic E-state index is 12.2. The average molecular weight is 395 g/mol. The van der Waals surface area contributed by atoms with Crippen LogP contribution in [0.2, 0.25) is 0 Å². The third-order valence-electron chi connectivity index (χ3n) is 5.08. The molecule has 1 aromatic heterocycles. The smallest absolute Gasteiger partial charge is 0.464 e. The highest BCUT2D eigenvalue weighted by atomic mass is 16.5. The molecule has 1 unspecified atom stereocenters. The van der Waals surface area contributed by atoms with Crippen LogP contribution in [0.1, 0.15) is 22.3 Å². The van der Waals surface area contributed by atoms with Crippen LogP contribution in [0.5, 0.6) is 0 Å². The molecular formula is C21H22BNO6. The molecule has 2 aromatic carbocycles. The van der Waals surface area contributed by atoms with Crippen LogP contribution in [0.15, 0.2) is 53.1 Å². The Kier molecular flexibility index (Phi) is 5.85. The van der Waals surface area contributed by atoms with Crippen molar-refractivity contribution < 1.29 is 28.7 Å². The number of carbonyl (C=O) groups is 1. The van der Waals surface area contributed by atoms with E-state index in [2.05, 4.69) is 5.32 Å². The quantitative estimate of drug-likeness (QED) is 0.554. The predicted octanol–water partition coefficient (Wildman–Crippen LogP) is 2.36. The first kappa shape index (κ1) is 19.5. The van der Waals surface area contributed by atoms with Crippen LogP contribution in [-0.4, -0.2) is 35.8 Å². The van der Waals surface area contributed by atoms with E-state index >= 15 is 0 Å². The lowest BCUT2D eigenvalue weighted by atomic mass is 9.76. The Morgan fingerprint density at radius 1 is 1.21 bits per heavy atom. The number of para-hydroxylation sites is 1. The number of ether oxygens (including phenoxy) is 2. The van der Waals surface area contributed by atoms with Crippen LogP contribution in [0.3, 0.4) is 0 Å². The molecule has 3 N–H and O–H groups in total. The topological polar surface area (TPSA) is 101 Å². The lowest BCUT2D eigenvalue weighted by Gasteiger charge is -2.18. The summed E-state index contributed by atoms with van der Waals surface area (Å²) in [4.78, 5) is 12.2. The largest absolute Gasteiger partial charge is 0.475 e. The molecule has 7 nitrogen and oxygen atoms in total. The van der Waals surface area contributed by atoms with E-state index in [1.807, 2.05) is 42.5 Å². The molecule has 0 radical (unpaired) electrons. The summed E-state index contributed by atoms with van der Waals surface area (Å²) in [7, 11) is -1.74. The van der Waals surface area contributed by atoms with Crippen molar-refractivity contribution in [2.24, 2.45) is 0 Å². The number of benzene rings is 2. The zero-order valence-electron chi connectivity index (χ0n) is 15.8. The van der Waals surface area contributed by atoms with E-state index < -0.39 is 19.2 Å². The fourth-order valence-electron chi connectivity index (χ4n) is 3.51. The fraction of sp³-hybridized carbons (Fsp3) is 0.286. The molecule has 1 atom stereocenters. The van der Waals surface area contributed by atoms with Crippen molar-refractivity contribution >= 4 is 24.2 Å². The van der Waals surface area contributed by atoms with Gasteiger partial charge in [-0.1, -0.05) is 30.3 Å². The van der Waals surface area contributed by atoms with Crippen molar-refractivity contribution in [2.75, 3.05) is 6.61 Å². The van der Waals surface area contributed by atoms with Crippen molar-refractivity contribution in [1.82, 2.24) is 5.32 Å². The number of hydrogen-bond donors (Lipinski definition) is 3. The number of hydrogen-bond acceptors (Lipinski definition) is 6. The van der Waals surface area contributed by atoms with Crippen LogP contribution in [0, 0.1) is 0 Å². The summed E-state index contributed by atoms with van der Waals surface area (Å²) < 4.78 is 16.2. The van der Waals surface area contributed by atoms with Gasteiger partial charge in [-0.15, -0.1) is 0 Å². The maximum absolute atomic E-state index is 12.2. The van der Waals surface area contributed by atoms with Crippen LogP contribution < -0.4 is 5.32 Å². The molecule has 1 aliphatic rings. The van der Waals surface area contributed by atoms with Gasteiger partial charge in [-0.25, -0.2) is 4.79 Å². The van der Waals surface area contributed by atoms with Gasteiger partial charge in [0.2, 0.25) is 0 Å². The van der Waals surface area contributed by atoms with Gasteiger partial charge in [0.15, 0.2) is 0 Å². The molecule has 0 fully saturated rings. The second kappa shape index (κ2) is 8.69. The molecule has 150 valence electrons. The Balaban J connectivity index is 1.36. The zero-order valence-corrected chi connectivity index (χ0v) is 15.8. The molecule has 1 amide bonds. The summed E-state index contributed by atoms with van der Waals surface area (Å²) >= 11 is 0. The highest BCUT2D eigenvalue weighted by molar-refractivity contribution is 6.43. The minimum Gasteiger partial charge on any atom is -0.464 e. The van der Waals surface area contributed by atoms with Crippen molar-refractivity contribution in [3.05, 3.63) is 71.0 Å². The van der Waals surface area contributed by atoms with E-state index in [4.69, 9.17) is 13.9 Å². The molecule has 29 heavy (non-hydrogen) atoms. The molecule has 0 saturated carbocycles. The molecular weight excluding hydrogens is 373 g/mol. The van der Waals surface area contributed by atoms with Gasteiger partial charge in [-0.05, 0) is 47.2 Å². The number of carbonyl (C=O) groups excluding carboxylic acids is 1. The number of amides is 1. The van der Waals surface area contributed by atoms with Crippen LogP contribution in [-0.2, 0) is 35.5 Å². The van der Waals surface area contributed by atoms with E-state index in [0.29, 0.717) is 12.2 Å². The highest BCUT2D eigenvalue weighted by Gasteiger charge is 2.27. The molecule has 0 aliphatic carbocycles. The maximum Gasteiger partial charge on any atom is 0.475 e. The van der Waals surface area contributed by atoms with Gasteiger partial charge in [0.25, 0.3) is 0 Å².